The van der Waals surface area contributed by atoms with Crippen molar-refractivity contribution in [3.05, 3.63) is 29.3 Å². The molecule has 0 saturated heterocycles. The highest BCUT2D eigenvalue weighted by atomic mass is 19.4. The molecule has 0 saturated carbocycles. The van der Waals surface area contributed by atoms with Crippen LogP contribution in [0.15, 0.2) is 18.2 Å². The van der Waals surface area contributed by atoms with E-state index in [-0.39, 0.29) is 17.4 Å². The Morgan fingerprint density at radius 2 is 1.90 bits per heavy atom. The number of nitrogens with one attached hydrogen (secondary N) is 1. The minimum absolute atomic E-state index is 0.135. The lowest BCUT2D eigenvalue weighted by Gasteiger charge is -2.19. The number of rotatable bonds is 5. The summed E-state index contributed by atoms with van der Waals surface area (Å²) in [6.45, 7) is 5.84. The van der Waals surface area contributed by atoms with Crippen molar-refractivity contribution < 1.29 is 17.9 Å². The van der Waals surface area contributed by atoms with Gasteiger partial charge in [-0.25, -0.2) is 0 Å². The van der Waals surface area contributed by atoms with E-state index < -0.39 is 17.6 Å². The van der Waals surface area contributed by atoms with Gasteiger partial charge in [0.2, 0.25) is 0 Å². The second kappa shape index (κ2) is 6.15. The molecule has 1 aromatic rings. The first-order valence-electron chi connectivity index (χ1n) is 6.33. The molecule has 0 amide bonds. The Kier molecular flexibility index (Phi) is 5.03. The van der Waals surface area contributed by atoms with Gasteiger partial charge >= 0.3 is 6.18 Å². The maximum Gasteiger partial charge on any atom is 0.417 e. The van der Waals surface area contributed by atoms with Crippen LogP contribution in [0.1, 0.15) is 38.3 Å². The van der Waals surface area contributed by atoms with Gasteiger partial charge in [0.05, 0.1) is 11.7 Å². The van der Waals surface area contributed by atoms with E-state index in [0.29, 0.717) is 5.92 Å². The number of nitrogens with two attached hydrogens (primary N) is 1. The normalized spacial score (nSPS) is 13.3. The quantitative estimate of drug-likeness (QED) is 0.639. The molecule has 1 rings (SSSR count). The first-order valence-corrected chi connectivity index (χ1v) is 6.33. The average Bonchev–Trinajstić information content (AvgIpc) is 2.25. The first kappa shape index (κ1) is 16.3. The summed E-state index contributed by atoms with van der Waals surface area (Å²) in [4.78, 5) is 0. The van der Waals surface area contributed by atoms with Crippen LogP contribution in [0.3, 0.4) is 0 Å². The molecule has 0 aliphatic carbocycles. The summed E-state index contributed by atoms with van der Waals surface area (Å²) < 4.78 is 44.3. The topological polar surface area (TPSA) is 59.1 Å². The Labute approximate surface area is 116 Å². The van der Waals surface area contributed by atoms with Crippen LogP contribution in [0, 0.1) is 11.3 Å². The van der Waals surface area contributed by atoms with E-state index in [1.807, 2.05) is 20.8 Å². The van der Waals surface area contributed by atoms with E-state index >= 15 is 0 Å². The van der Waals surface area contributed by atoms with Crippen LogP contribution in [-0.4, -0.2) is 11.9 Å². The lowest BCUT2D eigenvalue weighted by atomic mass is 10.0. The van der Waals surface area contributed by atoms with Gasteiger partial charge in [0.1, 0.15) is 11.6 Å². The highest BCUT2D eigenvalue weighted by Crippen LogP contribution is 2.34. The maximum atomic E-state index is 12.9. The van der Waals surface area contributed by atoms with Crippen LogP contribution in [-0.2, 0) is 6.18 Å². The number of nitrogen functional groups attached to an aromatic ring is 1. The van der Waals surface area contributed by atoms with Crippen molar-refractivity contribution in [1.82, 2.24) is 0 Å². The predicted molar refractivity (Wildman–Crippen MR) is 72.0 cm³/mol. The highest BCUT2D eigenvalue weighted by Gasteiger charge is 2.34. The van der Waals surface area contributed by atoms with Gasteiger partial charge in [-0.1, -0.05) is 13.8 Å². The van der Waals surface area contributed by atoms with Gasteiger partial charge in [0, 0.05) is 5.56 Å². The van der Waals surface area contributed by atoms with Crippen LogP contribution in [0.25, 0.3) is 0 Å². The molecule has 1 unspecified atom stereocenters. The number of hydrogen-bond donors (Lipinski definition) is 2. The lowest BCUT2D eigenvalue weighted by Crippen LogP contribution is -2.20. The molecule has 3 nitrogen and oxygen atoms in total. The Bertz CT molecular complexity index is 484. The predicted octanol–water partition coefficient (Wildman–Crippen LogP) is 3.80. The Balaban J connectivity index is 3.04. The molecule has 6 heteroatoms. The molecule has 0 bridgehead atoms. The van der Waals surface area contributed by atoms with Crippen LogP contribution in [0.5, 0.6) is 5.75 Å². The molecule has 1 atom stereocenters. The fourth-order valence-corrected chi connectivity index (χ4v) is 2.01. The molecule has 20 heavy (non-hydrogen) atoms. The zero-order chi connectivity index (χ0) is 15.5. The molecule has 1 aromatic carbocycles. The summed E-state index contributed by atoms with van der Waals surface area (Å²) in [5.74, 6) is -0.0850. The molecule has 112 valence electrons. The van der Waals surface area contributed by atoms with Gasteiger partial charge in [-0.2, -0.15) is 13.2 Å². The molecule has 0 fully saturated rings. The number of ether oxygens (including phenoxy) is 1. The number of hydrogen-bond acceptors (Lipinski definition) is 2. The van der Waals surface area contributed by atoms with Gasteiger partial charge in [-0.05, 0) is 37.5 Å². The molecule has 0 aliphatic heterocycles. The van der Waals surface area contributed by atoms with E-state index in [1.165, 1.54) is 12.1 Å². The van der Waals surface area contributed by atoms with Crippen LogP contribution in [0.4, 0.5) is 13.2 Å². The average molecular weight is 288 g/mol. The standard InChI is InChI=1S/C14H19F3N2O/c1-8(2)6-9(3)20-10-4-5-11(13(18)19)12(7-10)14(15,16)17/h4-5,7-9H,6H2,1-3H3,(H3,18,19). The van der Waals surface area contributed by atoms with E-state index in [0.717, 1.165) is 12.5 Å². The first-order chi connectivity index (χ1) is 9.11. The molecule has 0 spiro atoms. The SMILES string of the molecule is CC(C)CC(C)Oc1ccc(C(=N)N)c(C(F)(F)F)c1. The molecule has 0 aromatic heterocycles. The summed E-state index contributed by atoms with van der Waals surface area (Å²) in [6.07, 6.45) is -4.00. The summed E-state index contributed by atoms with van der Waals surface area (Å²) in [5, 5.41) is 7.20. The Morgan fingerprint density at radius 1 is 1.30 bits per heavy atom. The van der Waals surface area contributed by atoms with Crippen LogP contribution < -0.4 is 10.5 Å². The summed E-state index contributed by atoms with van der Waals surface area (Å²) in [5.41, 5.74) is 3.89. The van der Waals surface area contributed by atoms with Crippen molar-refractivity contribution >= 4 is 5.84 Å². The van der Waals surface area contributed by atoms with Gasteiger partial charge in [0.15, 0.2) is 0 Å². The van der Waals surface area contributed by atoms with Crippen molar-refractivity contribution in [1.29, 1.82) is 5.41 Å². The number of alkyl halides is 3. The van der Waals surface area contributed by atoms with Gasteiger partial charge in [0.25, 0.3) is 0 Å². The van der Waals surface area contributed by atoms with Crippen molar-refractivity contribution in [3.8, 4) is 5.75 Å². The van der Waals surface area contributed by atoms with Crippen molar-refractivity contribution in [3.63, 3.8) is 0 Å². The third-order valence-corrected chi connectivity index (χ3v) is 2.73. The van der Waals surface area contributed by atoms with Gasteiger partial charge in [-0.3, -0.25) is 5.41 Å². The molecule has 0 radical (unpaired) electrons. The fourth-order valence-electron chi connectivity index (χ4n) is 2.01. The molecule has 0 heterocycles. The Hall–Kier alpha value is -1.72. The van der Waals surface area contributed by atoms with Crippen molar-refractivity contribution in [2.24, 2.45) is 11.7 Å². The van der Waals surface area contributed by atoms with E-state index in [2.05, 4.69) is 0 Å². The van der Waals surface area contributed by atoms with Crippen LogP contribution in [0.2, 0.25) is 0 Å². The maximum absolute atomic E-state index is 12.9. The summed E-state index contributed by atoms with van der Waals surface area (Å²) >= 11 is 0. The van der Waals surface area contributed by atoms with Crippen molar-refractivity contribution in [2.75, 3.05) is 0 Å². The number of amidine groups is 1. The lowest BCUT2D eigenvalue weighted by molar-refractivity contribution is -0.137. The third-order valence-electron chi connectivity index (χ3n) is 2.73. The number of halogens is 3. The fraction of sp³-hybridized carbons (Fsp3) is 0.500. The molecule has 3 N–H and O–H groups in total. The largest absolute Gasteiger partial charge is 0.491 e. The minimum atomic E-state index is -4.57. The minimum Gasteiger partial charge on any atom is -0.491 e. The third kappa shape index (κ3) is 4.43. The molecular formula is C14H19F3N2O. The monoisotopic (exact) mass is 288 g/mol. The second-order valence-electron chi connectivity index (χ2n) is 5.18. The summed E-state index contributed by atoms with van der Waals surface area (Å²) in [6, 6.07) is 3.47. The molecule has 0 aliphatic rings. The van der Waals surface area contributed by atoms with Crippen LogP contribution >= 0.6 is 0 Å². The van der Waals surface area contributed by atoms with E-state index in [1.54, 1.807) is 0 Å². The smallest absolute Gasteiger partial charge is 0.417 e. The molecular weight excluding hydrogens is 269 g/mol. The Morgan fingerprint density at radius 3 is 2.35 bits per heavy atom. The van der Waals surface area contributed by atoms with Crippen molar-refractivity contribution in [2.45, 2.75) is 39.5 Å². The highest BCUT2D eigenvalue weighted by molar-refractivity contribution is 5.96. The zero-order valence-electron chi connectivity index (χ0n) is 11.7. The van der Waals surface area contributed by atoms with Gasteiger partial charge in [-0.15, -0.1) is 0 Å². The number of benzene rings is 1. The van der Waals surface area contributed by atoms with Gasteiger partial charge < -0.3 is 10.5 Å². The zero-order valence-corrected chi connectivity index (χ0v) is 11.7. The van der Waals surface area contributed by atoms with E-state index in [4.69, 9.17) is 15.9 Å². The summed E-state index contributed by atoms with van der Waals surface area (Å²) in [7, 11) is 0. The second-order valence-corrected chi connectivity index (χ2v) is 5.18. The van der Waals surface area contributed by atoms with E-state index in [9.17, 15) is 13.2 Å².